The molecule has 0 aliphatic carbocycles. The lowest BCUT2D eigenvalue weighted by molar-refractivity contribution is 1.18. The van der Waals surface area contributed by atoms with Crippen molar-refractivity contribution >= 4 is 0 Å². The molecule has 0 radical (unpaired) electrons. The first-order valence-corrected chi connectivity index (χ1v) is 12.6. The van der Waals surface area contributed by atoms with Gasteiger partial charge in [-0.2, -0.15) is 0 Å². The fourth-order valence-electron chi connectivity index (χ4n) is 2.54. The molecule has 0 aliphatic rings. The molecule has 3 aromatic rings. The van der Waals surface area contributed by atoms with Gasteiger partial charge in [0, 0.05) is 0 Å². The zero-order valence-corrected chi connectivity index (χ0v) is 23.6. The van der Waals surface area contributed by atoms with Gasteiger partial charge in [-0.25, -0.2) is 0 Å². The Morgan fingerprint density at radius 2 is 0.688 bits per heavy atom. The van der Waals surface area contributed by atoms with E-state index >= 15 is 0 Å². The highest BCUT2D eigenvalue weighted by Crippen LogP contribution is 2.11. The van der Waals surface area contributed by atoms with E-state index < -0.39 is 0 Å². The average Bonchev–Trinajstić information content (AvgIpc) is 2.85. The maximum absolute atomic E-state index is 2.20. The van der Waals surface area contributed by atoms with Crippen molar-refractivity contribution in [3.63, 3.8) is 0 Å². The van der Waals surface area contributed by atoms with Crippen molar-refractivity contribution < 1.29 is 0 Å². The first-order chi connectivity index (χ1) is 15.4. The largest absolute Gasteiger partial charge is 0.0683 e. The summed E-state index contributed by atoms with van der Waals surface area (Å²) in [4.78, 5) is 0. The van der Waals surface area contributed by atoms with Gasteiger partial charge in [-0.3, -0.25) is 0 Å². The molecule has 0 saturated carbocycles. The molecule has 0 amide bonds. The SMILES string of the molecule is CC.CC.CC.CC.Cc1ccc(C)c(C)c1.Cc1ccc(Cc2ccc(C)cc2)cc1. The zero-order valence-electron chi connectivity index (χ0n) is 23.6. The van der Waals surface area contributed by atoms with Gasteiger partial charge in [0.05, 0.1) is 0 Å². The van der Waals surface area contributed by atoms with Gasteiger partial charge in [0.2, 0.25) is 0 Å². The highest BCUT2D eigenvalue weighted by molar-refractivity contribution is 5.30. The van der Waals surface area contributed by atoms with Gasteiger partial charge in [0.25, 0.3) is 0 Å². The minimum absolute atomic E-state index is 1.03. The fraction of sp³-hybridized carbons (Fsp3) is 0.438. The highest BCUT2D eigenvalue weighted by atomic mass is 14.0. The van der Waals surface area contributed by atoms with E-state index in [0.717, 1.165) is 6.42 Å². The van der Waals surface area contributed by atoms with Crippen molar-refractivity contribution in [2.75, 3.05) is 0 Å². The normalized spacial score (nSPS) is 8.28. The van der Waals surface area contributed by atoms with Crippen LogP contribution in [-0.4, -0.2) is 0 Å². The lowest BCUT2D eigenvalue weighted by Gasteiger charge is -2.03. The van der Waals surface area contributed by atoms with Crippen LogP contribution in [0.5, 0.6) is 0 Å². The summed E-state index contributed by atoms with van der Waals surface area (Å²) < 4.78 is 0. The molecule has 3 aromatic carbocycles. The van der Waals surface area contributed by atoms with E-state index in [9.17, 15) is 0 Å². The monoisotopic (exact) mass is 436 g/mol. The Balaban J connectivity index is -0.000000425. The summed E-state index contributed by atoms with van der Waals surface area (Å²) in [6.07, 6.45) is 1.03. The van der Waals surface area contributed by atoms with Crippen LogP contribution in [0.3, 0.4) is 0 Å². The van der Waals surface area contributed by atoms with E-state index in [1.807, 2.05) is 55.4 Å². The standard InChI is InChI=1S/C15H16.C9H12.4C2H6/c1-12-3-7-14(8-4-12)11-15-9-5-13(2)6-10-15;1-7-4-5-8(2)9(3)6-7;4*1-2/h3-10H,11H2,1-2H3;4-6H,1-3H3;4*1-2H3. The van der Waals surface area contributed by atoms with Gasteiger partial charge in [-0.1, -0.05) is 139 Å². The third-order valence-electron chi connectivity index (χ3n) is 4.31. The van der Waals surface area contributed by atoms with Crippen LogP contribution in [0.1, 0.15) is 94.3 Å². The van der Waals surface area contributed by atoms with Crippen LogP contribution in [0, 0.1) is 34.6 Å². The second kappa shape index (κ2) is 23.3. The van der Waals surface area contributed by atoms with Crippen molar-refractivity contribution in [3.05, 3.63) is 106 Å². The van der Waals surface area contributed by atoms with Crippen molar-refractivity contribution in [1.29, 1.82) is 0 Å². The summed E-state index contributed by atoms with van der Waals surface area (Å²) in [7, 11) is 0. The van der Waals surface area contributed by atoms with Crippen LogP contribution in [-0.2, 0) is 6.42 Å². The first kappa shape index (κ1) is 34.3. The minimum Gasteiger partial charge on any atom is -0.0683 e. The quantitative estimate of drug-likeness (QED) is 0.374. The van der Waals surface area contributed by atoms with Crippen molar-refractivity contribution in [2.45, 2.75) is 96.4 Å². The average molecular weight is 437 g/mol. The van der Waals surface area contributed by atoms with Crippen LogP contribution in [0.2, 0.25) is 0 Å². The molecule has 3 rings (SSSR count). The first-order valence-electron chi connectivity index (χ1n) is 12.6. The van der Waals surface area contributed by atoms with Gasteiger partial charge in [-0.05, 0) is 63.3 Å². The third-order valence-corrected chi connectivity index (χ3v) is 4.31. The number of aryl methyl sites for hydroxylation is 5. The summed E-state index contributed by atoms with van der Waals surface area (Å²) in [5.41, 5.74) is 9.51. The van der Waals surface area contributed by atoms with Crippen LogP contribution >= 0.6 is 0 Å². The van der Waals surface area contributed by atoms with Crippen LogP contribution < -0.4 is 0 Å². The van der Waals surface area contributed by atoms with Crippen molar-refractivity contribution in [2.24, 2.45) is 0 Å². The predicted octanol–water partition coefficient (Wildman–Crippen LogP) is 10.6. The van der Waals surface area contributed by atoms with E-state index in [-0.39, 0.29) is 0 Å². The Kier molecular flexibility index (Phi) is 25.0. The third kappa shape index (κ3) is 16.4. The molecule has 0 unspecified atom stereocenters. The molecule has 180 valence electrons. The van der Waals surface area contributed by atoms with Crippen LogP contribution in [0.25, 0.3) is 0 Å². The molecule has 0 heterocycles. The van der Waals surface area contributed by atoms with Crippen LogP contribution in [0.4, 0.5) is 0 Å². The second-order valence-corrected chi connectivity index (χ2v) is 6.74. The van der Waals surface area contributed by atoms with Gasteiger partial charge in [-0.15, -0.1) is 0 Å². The molecule has 0 nitrogen and oxygen atoms in total. The van der Waals surface area contributed by atoms with E-state index in [2.05, 4.69) is 101 Å². The molecule has 0 saturated heterocycles. The Morgan fingerprint density at radius 1 is 0.375 bits per heavy atom. The summed E-state index contributed by atoms with van der Waals surface area (Å²) in [5.74, 6) is 0. The lowest BCUT2D eigenvalue weighted by atomic mass is 10.0. The molecule has 0 N–H and O–H groups in total. The minimum atomic E-state index is 1.03. The smallest absolute Gasteiger partial charge is 0.00258 e. The van der Waals surface area contributed by atoms with Gasteiger partial charge in [0.15, 0.2) is 0 Å². The molecule has 0 heteroatoms. The van der Waals surface area contributed by atoms with E-state index in [0.29, 0.717) is 0 Å². The maximum Gasteiger partial charge on any atom is -0.00258 e. The maximum atomic E-state index is 2.20. The highest BCUT2D eigenvalue weighted by Gasteiger charge is 1.95. The van der Waals surface area contributed by atoms with E-state index in [1.54, 1.807) is 0 Å². The molecule has 0 bridgehead atoms. The molecule has 0 atom stereocenters. The van der Waals surface area contributed by atoms with Crippen molar-refractivity contribution in [3.8, 4) is 0 Å². The fourth-order valence-corrected chi connectivity index (χ4v) is 2.54. The molecular formula is C32H52. The Hall–Kier alpha value is -2.34. The molecule has 32 heavy (non-hydrogen) atoms. The molecule has 0 aliphatic heterocycles. The molecule has 0 fully saturated rings. The van der Waals surface area contributed by atoms with Gasteiger partial charge < -0.3 is 0 Å². The summed E-state index contributed by atoms with van der Waals surface area (Å²) in [6, 6.07) is 24.0. The molecule has 0 aromatic heterocycles. The Labute approximate surface area is 202 Å². The summed E-state index contributed by atoms with van der Waals surface area (Å²) in [5, 5.41) is 0. The molecular weight excluding hydrogens is 384 g/mol. The topological polar surface area (TPSA) is 0 Å². The van der Waals surface area contributed by atoms with Gasteiger partial charge >= 0.3 is 0 Å². The van der Waals surface area contributed by atoms with Crippen molar-refractivity contribution in [1.82, 2.24) is 0 Å². The number of hydrogen-bond acceptors (Lipinski definition) is 0. The van der Waals surface area contributed by atoms with Gasteiger partial charge in [0.1, 0.15) is 0 Å². The zero-order chi connectivity index (χ0) is 25.5. The van der Waals surface area contributed by atoms with Crippen LogP contribution in [0.15, 0.2) is 66.7 Å². The van der Waals surface area contributed by atoms with E-state index in [1.165, 1.54) is 38.9 Å². The second-order valence-electron chi connectivity index (χ2n) is 6.74. The van der Waals surface area contributed by atoms with E-state index in [4.69, 9.17) is 0 Å². The number of benzene rings is 3. The Bertz CT molecular complexity index is 719. The molecule has 0 spiro atoms. The number of hydrogen-bond donors (Lipinski definition) is 0. The Morgan fingerprint density at radius 3 is 0.969 bits per heavy atom. The lowest BCUT2D eigenvalue weighted by Crippen LogP contribution is -1.88. The summed E-state index contributed by atoms with van der Waals surface area (Å²) >= 11 is 0. The predicted molar refractivity (Wildman–Crippen MR) is 151 cm³/mol. The number of rotatable bonds is 2. The summed E-state index contributed by atoms with van der Waals surface area (Å²) in [6.45, 7) is 26.6.